The fourth-order valence-electron chi connectivity index (χ4n) is 1.09. The SMILES string of the molecule is CN(C)Nc1ccc(N(C)C)cc1. The molecule has 1 aromatic rings. The second kappa shape index (κ2) is 4.14. The molecule has 0 unspecified atom stereocenters. The van der Waals surface area contributed by atoms with Gasteiger partial charge in [0.05, 0.1) is 0 Å². The van der Waals surface area contributed by atoms with E-state index in [4.69, 9.17) is 0 Å². The minimum absolute atomic E-state index is 1.11. The van der Waals surface area contributed by atoms with Crippen LogP contribution in [0.15, 0.2) is 24.3 Å². The van der Waals surface area contributed by atoms with Gasteiger partial charge < -0.3 is 10.3 Å². The molecule has 3 heteroatoms. The lowest BCUT2D eigenvalue weighted by atomic mass is 10.3. The first-order valence-electron chi connectivity index (χ1n) is 4.31. The minimum atomic E-state index is 1.11. The normalized spacial score (nSPS) is 10.2. The zero-order valence-corrected chi connectivity index (χ0v) is 8.70. The maximum absolute atomic E-state index is 3.19. The average Bonchev–Trinajstić information content (AvgIpc) is 2.04. The van der Waals surface area contributed by atoms with Crippen molar-refractivity contribution < 1.29 is 0 Å². The van der Waals surface area contributed by atoms with Gasteiger partial charge in [0.1, 0.15) is 0 Å². The number of hydrazine groups is 1. The summed E-state index contributed by atoms with van der Waals surface area (Å²) in [5.74, 6) is 0. The van der Waals surface area contributed by atoms with Crippen molar-refractivity contribution in [3.05, 3.63) is 24.3 Å². The highest BCUT2D eigenvalue weighted by atomic mass is 15.5. The number of nitrogens with one attached hydrogen (secondary N) is 1. The predicted octanol–water partition coefficient (Wildman–Crippen LogP) is 1.64. The van der Waals surface area contributed by atoms with E-state index < -0.39 is 0 Å². The maximum atomic E-state index is 3.19. The molecule has 0 saturated heterocycles. The Hall–Kier alpha value is -1.22. The highest BCUT2D eigenvalue weighted by molar-refractivity contribution is 5.53. The molecule has 0 bridgehead atoms. The fraction of sp³-hybridized carbons (Fsp3) is 0.400. The van der Waals surface area contributed by atoms with Gasteiger partial charge in [0.25, 0.3) is 0 Å². The monoisotopic (exact) mass is 179 g/mol. The Bertz CT molecular complexity index is 251. The van der Waals surface area contributed by atoms with Gasteiger partial charge in [-0.15, -0.1) is 0 Å². The minimum Gasteiger partial charge on any atom is -0.378 e. The number of hydrogen-bond donors (Lipinski definition) is 1. The van der Waals surface area contributed by atoms with Crippen molar-refractivity contribution in [3.8, 4) is 0 Å². The third-order valence-corrected chi connectivity index (χ3v) is 1.74. The number of nitrogens with zero attached hydrogens (tertiary/aromatic N) is 2. The molecule has 0 aromatic heterocycles. The molecule has 0 saturated carbocycles. The van der Waals surface area contributed by atoms with E-state index in [0.717, 1.165) is 5.69 Å². The van der Waals surface area contributed by atoms with E-state index >= 15 is 0 Å². The van der Waals surface area contributed by atoms with Crippen molar-refractivity contribution in [2.45, 2.75) is 0 Å². The lowest BCUT2D eigenvalue weighted by Crippen LogP contribution is -2.19. The molecule has 0 heterocycles. The van der Waals surface area contributed by atoms with Crippen LogP contribution in [0.1, 0.15) is 0 Å². The fourth-order valence-corrected chi connectivity index (χ4v) is 1.09. The Morgan fingerprint density at radius 2 is 1.46 bits per heavy atom. The highest BCUT2D eigenvalue weighted by Gasteiger charge is 1.95. The van der Waals surface area contributed by atoms with Gasteiger partial charge in [0.2, 0.25) is 0 Å². The molecule has 72 valence electrons. The third-order valence-electron chi connectivity index (χ3n) is 1.74. The molecule has 0 atom stereocenters. The summed E-state index contributed by atoms with van der Waals surface area (Å²) in [6, 6.07) is 8.31. The van der Waals surface area contributed by atoms with Crippen LogP contribution in [0.4, 0.5) is 11.4 Å². The summed E-state index contributed by atoms with van der Waals surface area (Å²) in [6.07, 6.45) is 0. The van der Waals surface area contributed by atoms with E-state index in [1.54, 1.807) is 0 Å². The van der Waals surface area contributed by atoms with Crippen LogP contribution in [0.5, 0.6) is 0 Å². The van der Waals surface area contributed by atoms with Crippen molar-refractivity contribution >= 4 is 11.4 Å². The van der Waals surface area contributed by atoms with Crippen LogP contribution in [0, 0.1) is 0 Å². The van der Waals surface area contributed by atoms with Gasteiger partial charge in [-0.3, -0.25) is 0 Å². The van der Waals surface area contributed by atoms with E-state index in [-0.39, 0.29) is 0 Å². The molecule has 0 aliphatic heterocycles. The third kappa shape index (κ3) is 2.95. The van der Waals surface area contributed by atoms with Gasteiger partial charge >= 0.3 is 0 Å². The molecular weight excluding hydrogens is 162 g/mol. The van der Waals surface area contributed by atoms with Crippen LogP contribution < -0.4 is 10.3 Å². The first kappa shape index (κ1) is 9.86. The molecule has 0 fully saturated rings. The van der Waals surface area contributed by atoms with Crippen molar-refractivity contribution in [1.29, 1.82) is 0 Å². The second-order valence-electron chi connectivity index (χ2n) is 3.45. The topological polar surface area (TPSA) is 18.5 Å². The Balaban J connectivity index is 2.70. The molecule has 1 rings (SSSR count). The number of hydrogen-bond acceptors (Lipinski definition) is 3. The quantitative estimate of drug-likeness (QED) is 0.712. The van der Waals surface area contributed by atoms with Crippen LogP contribution in [0.2, 0.25) is 0 Å². The molecular formula is C10H17N3. The highest BCUT2D eigenvalue weighted by Crippen LogP contribution is 2.15. The van der Waals surface area contributed by atoms with E-state index in [1.807, 2.05) is 33.2 Å². The average molecular weight is 179 g/mol. The smallest absolute Gasteiger partial charge is 0.0491 e. The van der Waals surface area contributed by atoms with Crippen molar-refractivity contribution in [2.75, 3.05) is 38.5 Å². The zero-order valence-electron chi connectivity index (χ0n) is 8.70. The van der Waals surface area contributed by atoms with Crippen molar-refractivity contribution in [3.63, 3.8) is 0 Å². The van der Waals surface area contributed by atoms with Crippen LogP contribution in [0.25, 0.3) is 0 Å². The van der Waals surface area contributed by atoms with Gasteiger partial charge in [0.15, 0.2) is 0 Å². The standard InChI is InChI=1S/C10H17N3/c1-12(2)10-7-5-9(6-8-10)11-13(3)4/h5-8,11H,1-4H3. The number of benzene rings is 1. The van der Waals surface area contributed by atoms with Crippen LogP contribution >= 0.6 is 0 Å². The summed E-state index contributed by atoms with van der Waals surface area (Å²) in [6.45, 7) is 0. The molecule has 0 amide bonds. The number of rotatable bonds is 3. The second-order valence-corrected chi connectivity index (χ2v) is 3.45. The van der Waals surface area contributed by atoms with E-state index in [2.05, 4.69) is 34.6 Å². The summed E-state index contributed by atoms with van der Waals surface area (Å²) in [7, 11) is 8.02. The molecule has 13 heavy (non-hydrogen) atoms. The van der Waals surface area contributed by atoms with E-state index in [1.165, 1.54) is 5.69 Å². The number of anilines is 2. The summed E-state index contributed by atoms with van der Waals surface area (Å²) >= 11 is 0. The Kier molecular flexibility index (Phi) is 3.14. The summed E-state index contributed by atoms with van der Waals surface area (Å²) in [5.41, 5.74) is 5.51. The summed E-state index contributed by atoms with van der Waals surface area (Å²) < 4.78 is 0. The summed E-state index contributed by atoms with van der Waals surface area (Å²) in [5, 5.41) is 1.92. The molecule has 3 nitrogen and oxygen atoms in total. The Morgan fingerprint density at radius 1 is 0.923 bits per heavy atom. The predicted molar refractivity (Wildman–Crippen MR) is 58.1 cm³/mol. The van der Waals surface area contributed by atoms with Gasteiger partial charge in [-0.05, 0) is 24.3 Å². The zero-order chi connectivity index (χ0) is 9.84. The molecule has 0 spiro atoms. The molecule has 0 aliphatic rings. The molecule has 0 radical (unpaired) electrons. The maximum Gasteiger partial charge on any atom is 0.0491 e. The molecule has 1 aromatic carbocycles. The van der Waals surface area contributed by atoms with E-state index in [9.17, 15) is 0 Å². The van der Waals surface area contributed by atoms with Gasteiger partial charge in [0, 0.05) is 39.6 Å². The molecule has 1 N–H and O–H groups in total. The van der Waals surface area contributed by atoms with Gasteiger partial charge in [-0.25, -0.2) is 5.01 Å². The van der Waals surface area contributed by atoms with E-state index in [0.29, 0.717) is 0 Å². The molecule has 0 aliphatic carbocycles. The van der Waals surface area contributed by atoms with Gasteiger partial charge in [-0.1, -0.05) is 0 Å². The first-order chi connectivity index (χ1) is 6.09. The lowest BCUT2D eigenvalue weighted by molar-refractivity contribution is 0.495. The van der Waals surface area contributed by atoms with Gasteiger partial charge in [-0.2, -0.15) is 0 Å². The Morgan fingerprint density at radius 3 is 1.85 bits per heavy atom. The van der Waals surface area contributed by atoms with Crippen molar-refractivity contribution in [1.82, 2.24) is 5.01 Å². The van der Waals surface area contributed by atoms with Crippen LogP contribution in [0.3, 0.4) is 0 Å². The lowest BCUT2D eigenvalue weighted by Gasteiger charge is -2.16. The van der Waals surface area contributed by atoms with Crippen molar-refractivity contribution in [2.24, 2.45) is 0 Å². The first-order valence-corrected chi connectivity index (χ1v) is 4.31. The largest absolute Gasteiger partial charge is 0.378 e. The summed E-state index contributed by atoms with van der Waals surface area (Å²) in [4.78, 5) is 2.08. The van der Waals surface area contributed by atoms with Crippen LogP contribution in [-0.2, 0) is 0 Å². The Labute approximate surface area is 79.9 Å². The van der Waals surface area contributed by atoms with Crippen LogP contribution in [-0.4, -0.2) is 33.2 Å².